The second-order valence-corrected chi connectivity index (χ2v) is 6.32. The minimum atomic E-state index is -0.383. The van der Waals surface area contributed by atoms with E-state index in [9.17, 15) is 9.59 Å². The normalized spacial score (nSPS) is 21.8. The van der Waals surface area contributed by atoms with Crippen molar-refractivity contribution >= 4 is 11.8 Å². The van der Waals surface area contributed by atoms with E-state index in [1.807, 2.05) is 18.2 Å². The van der Waals surface area contributed by atoms with Crippen molar-refractivity contribution in [2.24, 2.45) is 0 Å². The molecule has 6 heteroatoms. The predicted molar refractivity (Wildman–Crippen MR) is 90.0 cm³/mol. The third-order valence-electron chi connectivity index (χ3n) is 4.59. The van der Waals surface area contributed by atoms with E-state index in [0.717, 1.165) is 32.4 Å². The van der Waals surface area contributed by atoms with Crippen molar-refractivity contribution in [2.75, 3.05) is 32.8 Å². The molecule has 2 aliphatic heterocycles. The number of carbonyl (C=O) groups is 2. The first-order valence-electron chi connectivity index (χ1n) is 8.73. The van der Waals surface area contributed by atoms with Gasteiger partial charge in [-0.25, -0.2) is 5.06 Å². The van der Waals surface area contributed by atoms with Crippen LogP contribution in [0.2, 0.25) is 0 Å². The highest BCUT2D eigenvalue weighted by molar-refractivity contribution is 5.88. The number of piperazine rings is 1. The van der Waals surface area contributed by atoms with Gasteiger partial charge < -0.3 is 5.32 Å². The van der Waals surface area contributed by atoms with Crippen molar-refractivity contribution in [2.45, 2.75) is 31.7 Å². The summed E-state index contributed by atoms with van der Waals surface area (Å²) in [5, 5.41) is 4.28. The van der Waals surface area contributed by atoms with Crippen molar-refractivity contribution in [3.05, 3.63) is 35.9 Å². The highest BCUT2D eigenvalue weighted by Crippen LogP contribution is 2.15. The molecule has 130 valence electrons. The summed E-state index contributed by atoms with van der Waals surface area (Å²) in [5.74, 6) is -0.142. The summed E-state index contributed by atoms with van der Waals surface area (Å²) in [6.07, 6.45) is 3.01. The second-order valence-electron chi connectivity index (χ2n) is 6.32. The SMILES string of the molecule is O=C1NCCN(CCCc2ccccc2)C1CC(=O)N1CCCO1. The van der Waals surface area contributed by atoms with Gasteiger partial charge in [0, 0.05) is 13.1 Å². The smallest absolute Gasteiger partial charge is 0.248 e. The van der Waals surface area contributed by atoms with Gasteiger partial charge in [0.05, 0.1) is 25.6 Å². The third-order valence-corrected chi connectivity index (χ3v) is 4.59. The molecule has 24 heavy (non-hydrogen) atoms. The molecule has 1 N–H and O–H groups in total. The maximum atomic E-state index is 12.3. The van der Waals surface area contributed by atoms with Crippen molar-refractivity contribution in [1.82, 2.24) is 15.3 Å². The van der Waals surface area contributed by atoms with Crippen LogP contribution in [0.15, 0.2) is 30.3 Å². The first-order chi connectivity index (χ1) is 11.7. The molecular formula is C18H25N3O3. The van der Waals surface area contributed by atoms with Gasteiger partial charge in [-0.15, -0.1) is 0 Å². The standard InChI is InChI=1S/C18H25N3O3/c22-17(21-11-5-13-24-21)14-16-18(23)19-9-12-20(16)10-4-8-15-6-2-1-3-7-15/h1-3,6-7,16H,4-5,8-14H2,(H,19,23). The topological polar surface area (TPSA) is 61.9 Å². The Labute approximate surface area is 142 Å². The summed E-state index contributed by atoms with van der Waals surface area (Å²) < 4.78 is 0. The number of nitrogens with one attached hydrogen (secondary N) is 1. The number of benzene rings is 1. The molecule has 1 aromatic rings. The average Bonchev–Trinajstić information content (AvgIpc) is 3.13. The number of nitrogens with zero attached hydrogens (tertiary/aromatic N) is 2. The monoisotopic (exact) mass is 331 g/mol. The number of carbonyl (C=O) groups excluding carboxylic acids is 2. The maximum absolute atomic E-state index is 12.3. The molecule has 1 aromatic carbocycles. The molecular weight excluding hydrogens is 306 g/mol. The number of aryl methyl sites for hydroxylation is 1. The Morgan fingerprint density at radius 1 is 1.25 bits per heavy atom. The van der Waals surface area contributed by atoms with Crippen molar-refractivity contribution < 1.29 is 14.4 Å². The summed E-state index contributed by atoms with van der Waals surface area (Å²) in [7, 11) is 0. The molecule has 0 bridgehead atoms. The van der Waals surface area contributed by atoms with Crippen molar-refractivity contribution in [1.29, 1.82) is 0 Å². The highest BCUT2D eigenvalue weighted by atomic mass is 16.7. The molecule has 0 saturated carbocycles. The summed E-state index contributed by atoms with van der Waals surface area (Å²) in [4.78, 5) is 32.0. The number of hydrogen-bond donors (Lipinski definition) is 1. The zero-order chi connectivity index (χ0) is 16.8. The Balaban J connectivity index is 1.53. The van der Waals surface area contributed by atoms with Crippen LogP contribution in [-0.2, 0) is 20.8 Å². The van der Waals surface area contributed by atoms with E-state index >= 15 is 0 Å². The molecule has 2 amide bonds. The van der Waals surface area contributed by atoms with Gasteiger partial charge in [0.15, 0.2) is 0 Å². The largest absolute Gasteiger partial charge is 0.353 e. The minimum absolute atomic E-state index is 0.0477. The Morgan fingerprint density at radius 3 is 2.83 bits per heavy atom. The lowest BCUT2D eigenvalue weighted by Crippen LogP contribution is -2.56. The quantitative estimate of drug-likeness (QED) is 0.844. The summed E-state index contributed by atoms with van der Waals surface area (Å²) >= 11 is 0. The predicted octanol–water partition coefficient (Wildman–Crippen LogP) is 0.974. The Bertz CT molecular complexity index is 558. The van der Waals surface area contributed by atoms with Crippen LogP contribution >= 0.6 is 0 Å². The summed E-state index contributed by atoms with van der Waals surface area (Å²) in [6.45, 7) is 3.47. The van der Waals surface area contributed by atoms with Gasteiger partial charge >= 0.3 is 0 Å². The Hall–Kier alpha value is -1.92. The molecule has 0 aromatic heterocycles. The number of hydrogen-bond acceptors (Lipinski definition) is 4. The van der Waals surface area contributed by atoms with Crippen LogP contribution in [0.4, 0.5) is 0 Å². The zero-order valence-electron chi connectivity index (χ0n) is 13.9. The first-order valence-corrected chi connectivity index (χ1v) is 8.73. The van der Waals surface area contributed by atoms with Crippen LogP contribution in [0.5, 0.6) is 0 Å². The van der Waals surface area contributed by atoms with Crippen LogP contribution in [0.1, 0.15) is 24.8 Å². The van der Waals surface area contributed by atoms with Crippen LogP contribution in [-0.4, -0.2) is 60.6 Å². The van der Waals surface area contributed by atoms with Gasteiger partial charge in [-0.1, -0.05) is 30.3 Å². The van der Waals surface area contributed by atoms with E-state index in [1.54, 1.807) is 0 Å². The molecule has 3 rings (SSSR count). The van der Waals surface area contributed by atoms with E-state index in [0.29, 0.717) is 19.7 Å². The lowest BCUT2D eigenvalue weighted by atomic mass is 10.1. The van der Waals surface area contributed by atoms with Gasteiger partial charge in [0.1, 0.15) is 0 Å². The fourth-order valence-corrected chi connectivity index (χ4v) is 3.29. The molecule has 2 aliphatic rings. The van der Waals surface area contributed by atoms with Crippen LogP contribution in [0, 0.1) is 0 Å². The van der Waals surface area contributed by atoms with Gasteiger partial charge in [-0.3, -0.25) is 19.3 Å². The average molecular weight is 331 g/mol. The molecule has 2 fully saturated rings. The van der Waals surface area contributed by atoms with Gasteiger partial charge in [-0.05, 0) is 31.4 Å². The fraction of sp³-hybridized carbons (Fsp3) is 0.556. The van der Waals surface area contributed by atoms with E-state index in [-0.39, 0.29) is 24.3 Å². The minimum Gasteiger partial charge on any atom is -0.353 e. The van der Waals surface area contributed by atoms with Gasteiger partial charge in [0.25, 0.3) is 0 Å². The molecule has 0 spiro atoms. The first kappa shape index (κ1) is 16.9. The fourth-order valence-electron chi connectivity index (χ4n) is 3.29. The lowest BCUT2D eigenvalue weighted by molar-refractivity contribution is -0.171. The van der Waals surface area contributed by atoms with Crippen molar-refractivity contribution in [3.63, 3.8) is 0 Å². The van der Waals surface area contributed by atoms with Crippen LogP contribution < -0.4 is 5.32 Å². The molecule has 0 radical (unpaired) electrons. The van der Waals surface area contributed by atoms with Gasteiger partial charge in [-0.2, -0.15) is 0 Å². The molecule has 2 saturated heterocycles. The van der Waals surface area contributed by atoms with Crippen LogP contribution in [0.3, 0.4) is 0 Å². The summed E-state index contributed by atoms with van der Waals surface area (Å²) in [6, 6.07) is 9.96. The van der Waals surface area contributed by atoms with Gasteiger partial charge in [0.2, 0.25) is 11.8 Å². The second kappa shape index (κ2) is 8.26. The number of hydroxylamine groups is 2. The third kappa shape index (κ3) is 4.33. The molecule has 2 heterocycles. The molecule has 1 atom stereocenters. The Morgan fingerprint density at radius 2 is 2.08 bits per heavy atom. The van der Waals surface area contributed by atoms with Crippen molar-refractivity contribution in [3.8, 4) is 0 Å². The van der Waals surface area contributed by atoms with E-state index < -0.39 is 0 Å². The maximum Gasteiger partial charge on any atom is 0.248 e. The summed E-state index contributed by atoms with van der Waals surface area (Å²) in [5.41, 5.74) is 1.30. The number of amides is 2. The molecule has 1 unspecified atom stereocenters. The number of rotatable bonds is 6. The lowest BCUT2D eigenvalue weighted by Gasteiger charge is -2.35. The van der Waals surface area contributed by atoms with E-state index in [4.69, 9.17) is 4.84 Å². The van der Waals surface area contributed by atoms with Crippen LogP contribution in [0.25, 0.3) is 0 Å². The highest BCUT2D eigenvalue weighted by Gasteiger charge is 2.33. The van der Waals surface area contributed by atoms with E-state index in [2.05, 4.69) is 22.3 Å². The van der Waals surface area contributed by atoms with E-state index in [1.165, 1.54) is 10.6 Å². The Kier molecular flexibility index (Phi) is 5.82. The molecule has 0 aliphatic carbocycles. The zero-order valence-corrected chi connectivity index (χ0v) is 13.9. The molecule has 6 nitrogen and oxygen atoms in total.